The second kappa shape index (κ2) is 5.76. The fraction of sp³-hybridized carbons (Fsp3) is 0.389. The van der Waals surface area contributed by atoms with E-state index in [0.29, 0.717) is 0 Å². The molecule has 1 atom stereocenters. The number of ether oxygens (including phenoxy) is 1. The molecule has 0 heterocycles. The van der Waals surface area contributed by atoms with Gasteiger partial charge < -0.3 is 10.5 Å². The molecule has 0 radical (unpaired) electrons. The molecule has 2 aromatic carbocycles. The minimum Gasteiger partial charge on any atom is -0.497 e. The lowest BCUT2D eigenvalue weighted by molar-refractivity contribution is -0.127. The summed E-state index contributed by atoms with van der Waals surface area (Å²) in [6.07, 6.45) is 0.873. The van der Waals surface area contributed by atoms with Crippen LogP contribution in [0.3, 0.4) is 0 Å². The molecule has 3 heteroatoms. The Kier molecular flexibility index (Phi) is 4.21. The number of carbonyl (C=O) groups excluding carboxylic acids is 1. The van der Waals surface area contributed by atoms with Gasteiger partial charge in [0.15, 0.2) is 0 Å². The van der Waals surface area contributed by atoms with Crippen molar-refractivity contribution in [2.24, 2.45) is 11.1 Å². The molecule has 0 spiro atoms. The Morgan fingerprint density at radius 1 is 1.19 bits per heavy atom. The molecule has 2 rings (SSSR count). The van der Waals surface area contributed by atoms with Gasteiger partial charge in [0.2, 0.25) is 5.91 Å². The van der Waals surface area contributed by atoms with Crippen LogP contribution in [0.25, 0.3) is 10.8 Å². The highest BCUT2D eigenvalue weighted by Gasteiger charge is 2.34. The van der Waals surface area contributed by atoms with Gasteiger partial charge in [-0.15, -0.1) is 0 Å². The molecule has 0 fully saturated rings. The molecule has 2 N–H and O–H groups in total. The van der Waals surface area contributed by atoms with Gasteiger partial charge in [0.25, 0.3) is 0 Å². The van der Waals surface area contributed by atoms with Gasteiger partial charge in [-0.05, 0) is 40.8 Å². The van der Waals surface area contributed by atoms with Crippen LogP contribution in [-0.4, -0.2) is 13.0 Å². The third-order valence-electron chi connectivity index (χ3n) is 4.39. The Morgan fingerprint density at radius 3 is 2.38 bits per heavy atom. The molecule has 21 heavy (non-hydrogen) atoms. The average Bonchev–Trinajstić information content (AvgIpc) is 2.47. The summed E-state index contributed by atoms with van der Waals surface area (Å²) in [5.41, 5.74) is 6.17. The first kappa shape index (κ1) is 15.4. The summed E-state index contributed by atoms with van der Waals surface area (Å²) in [6, 6.07) is 12.3. The van der Waals surface area contributed by atoms with Crippen molar-refractivity contribution in [2.75, 3.05) is 7.11 Å². The van der Waals surface area contributed by atoms with Crippen LogP contribution in [0.4, 0.5) is 0 Å². The first-order chi connectivity index (χ1) is 9.90. The summed E-state index contributed by atoms with van der Waals surface area (Å²) in [7, 11) is 1.66. The summed E-state index contributed by atoms with van der Waals surface area (Å²) < 4.78 is 5.25. The van der Waals surface area contributed by atoms with Crippen LogP contribution in [0, 0.1) is 5.41 Å². The fourth-order valence-corrected chi connectivity index (χ4v) is 2.92. The minimum absolute atomic E-state index is 0.113. The van der Waals surface area contributed by atoms with Gasteiger partial charge in [-0.25, -0.2) is 0 Å². The van der Waals surface area contributed by atoms with Gasteiger partial charge in [0.05, 0.1) is 12.5 Å². The van der Waals surface area contributed by atoms with Crippen LogP contribution in [0.2, 0.25) is 0 Å². The number of primary amides is 1. The lowest BCUT2D eigenvalue weighted by atomic mass is 9.72. The van der Waals surface area contributed by atoms with Gasteiger partial charge in [-0.1, -0.05) is 45.0 Å². The van der Waals surface area contributed by atoms with Crippen LogP contribution in [-0.2, 0) is 4.79 Å². The van der Waals surface area contributed by atoms with E-state index in [2.05, 4.69) is 25.1 Å². The van der Waals surface area contributed by atoms with Gasteiger partial charge in [0.1, 0.15) is 5.75 Å². The minimum atomic E-state index is -0.561. The topological polar surface area (TPSA) is 52.3 Å². The molecule has 0 unspecified atom stereocenters. The number of methoxy groups -OCH3 is 1. The van der Waals surface area contributed by atoms with Crippen molar-refractivity contribution in [1.82, 2.24) is 0 Å². The third kappa shape index (κ3) is 2.87. The highest BCUT2D eigenvalue weighted by molar-refractivity contribution is 5.85. The van der Waals surface area contributed by atoms with Crippen molar-refractivity contribution < 1.29 is 9.53 Å². The Morgan fingerprint density at radius 2 is 1.81 bits per heavy atom. The number of rotatable bonds is 5. The molecule has 0 aliphatic rings. The van der Waals surface area contributed by atoms with E-state index >= 15 is 0 Å². The number of benzene rings is 2. The Bertz CT molecular complexity index is 661. The predicted octanol–water partition coefficient (Wildman–Crippen LogP) is 3.85. The van der Waals surface area contributed by atoms with Crippen molar-refractivity contribution in [3.05, 3.63) is 42.0 Å². The quantitative estimate of drug-likeness (QED) is 0.907. The summed E-state index contributed by atoms with van der Waals surface area (Å²) in [5.74, 6) is 0.699. The molecule has 0 aliphatic carbocycles. The van der Waals surface area contributed by atoms with Gasteiger partial charge in [-0.2, -0.15) is 0 Å². The molecular weight excluding hydrogens is 262 g/mol. The Hall–Kier alpha value is -2.03. The van der Waals surface area contributed by atoms with Crippen molar-refractivity contribution in [1.29, 1.82) is 0 Å². The van der Waals surface area contributed by atoms with Gasteiger partial charge in [-0.3, -0.25) is 4.79 Å². The van der Waals surface area contributed by atoms with E-state index in [9.17, 15) is 4.79 Å². The van der Waals surface area contributed by atoms with Crippen LogP contribution in [0.1, 0.15) is 38.7 Å². The Labute approximate surface area is 126 Å². The van der Waals surface area contributed by atoms with E-state index in [4.69, 9.17) is 10.5 Å². The fourth-order valence-electron chi connectivity index (χ4n) is 2.92. The molecular formula is C18H23NO2. The molecule has 2 aromatic rings. The van der Waals surface area contributed by atoms with Gasteiger partial charge in [0, 0.05) is 0 Å². The van der Waals surface area contributed by atoms with Crippen LogP contribution < -0.4 is 10.5 Å². The second-order valence-electron chi connectivity index (χ2n) is 6.02. The Balaban J connectivity index is 2.48. The molecule has 0 aromatic heterocycles. The van der Waals surface area contributed by atoms with E-state index in [1.807, 2.05) is 32.0 Å². The standard InChI is InChI=1S/C18H23NO2/c1-5-16(18(2,3)17(19)20)14-7-6-13-11-15(21-4)9-8-12(13)10-14/h6-11,16H,5H2,1-4H3,(H2,19,20)/t16-/m1/s1. The molecule has 3 nitrogen and oxygen atoms in total. The largest absolute Gasteiger partial charge is 0.497 e. The first-order valence-corrected chi connectivity index (χ1v) is 7.27. The maximum Gasteiger partial charge on any atom is 0.223 e. The van der Waals surface area contributed by atoms with E-state index < -0.39 is 5.41 Å². The summed E-state index contributed by atoms with van der Waals surface area (Å²) >= 11 is 0. The number of carbonyl (C=O) groups is 1. The van der Waals surface area contributed by atoms with Crippen LogP contribution in [0.15, 0.2) is 36.4 Å². The summed E-state index contributed by atoms with van der Waals surface area (Å²) in [4.78, 5) is 11.7. The van der Waals surface area contributed by atoms with E-state index in [-0.39, 0.29) is 11.8 Å². The molecule has 1 amide bonds. The first-order valence-electron chi connectivity index (χ1n) is 7.27. The molecule has 0 aliphatic heterocycles. The van der Waals surface area contributed by atoms with Crippen molar-refractivity contribution in [3.8, 4) is 5.75 Å². The SMILES string of the molecule is CC[C@H](c1ccc2cc(OC)ccc2c1)C(C)(C)C(N)=O. The van der Waals surface area contributed by atoms with Crippen molar-refractivity contribution in [3.63, 3.8) is 0 Å². The number of amides is 1. The normalized spacial score (nSPS) is 13.1. The lowest BCUT2D eigenvalue weighted by Gasteiger charge is -2.31. The smallest absolute Gasteiger partial charge is 0.223 e. The van der Waals surface area contributed by atoms with E-state index in [0.717, 1.165) is 28.5 Å². The monoisotopic (exact) mass is 285 g/mol. The number of hydrogen-bond acceptors (Lipinski definition) is 2. The highest BCUT2D eigenvalue weighted by Crippen LogP contribution is 2.39. The maximum atomic E-state index is 11.7. The average molecular weight is 285 g/mol. The molecule has 0 saturated heterocycles. The third-order valence-corrected chi connectivity index (χ3v) is 4.39. The molecule has 0 saturated carbocycles. The van der Waals surface area contributed by atoms with Crippen LogP contribution in [0.5, 0.6) is 5.75 Å². The number of fused-ring (bicyclic) bond motifs is 1. The van der Waals surface area contributed by atoms with E-state index in [1.54, 1.807) is 7.11 Å². The number of hydrogen-bond donors (Lipinski definition) is 1. The van der Waals surface area contributed by atoms with Gasteiger partial charge >= 0.3 is 0 Å². The molecule has 112 valence electrons. The summed E-state index contributed by atoms with van der Waals surface area (Å²) in [5, 5.41) is 2.27. The zero-order chi connectivity index (χ0) is 15.6. The van der Waals surface area contributed by atoms with Crippen LogP contribution >= 0.6 is 0 Å². The summed E-state index contributed by atoms with van der Waals surface area (Å²) in [6.45, 7) is 5.93. The number of nitrogens with two attached hydrogens (primary N) is 1. The lowest BCUT2D eigenvalue weighted by Crippen LogP contribution is -2.36. The molecule has 0 bridgehead atoms. The zero-order valence-electron chi connectivity index (χ0n) is 13.1. The predicted molar refractivity (Wildman–Crippen MR) is 86.5 cm³/mol. The highest BCUT2D eigenvalue weighted by atomic mass is 16.5. The second-order valence-corrected chi connectivity index (χ2v) is 6.02. The van der Waals surface area contributed by atoms with Crippen molar-refractivity contribution >= 4 is 16.7 Å². The zero-order valence-corrected chi connectivity index (χ0v) is 13.1. The van der Waals surface area contributed by atoms with E-state index in [1.165, 1.54) is 0 Å². The maximum absolute atomic E-state index is 11.7. The van der Waals surface area contributed by atoms with Crippen molar-refractivity contribution in [2.45, 2.75) is 33.1 Å².